The molecule has 0 saturated carbocycles. The second kappa shape index (κ2) is 7.61. The molecule has 0 heterocycles. The van der Waals surface area contributed by atoms with E-state index >= 15 is 0 Å². The van der Waals surface area contributed by atoms with Gasteiger partial charge in [0.1, 0.15) is 5.78 Å². The number of aliphatic hydroxyl groups is 1. The first-order valence-corrected chi connectivity index (χ1v) is 6.05. The third-order valence-electron chi connectivity index (χ3n) is 2.61. The van der Waals surface area contributed by atoms with E-state index in [4.69, 9.17) is 0 Å². The van der Waals surface area contributed by atoms with E-state index in [0.717, 1.165) is 5.56 Å². The van der Waals surface area contributed by atoms with Crippen LogP contribution in [0.4, 0.5) is 0 Å². The number of nitrogens with one attached hydrogen (secondary N) is 1. The predicted molar refractivity (Wildman–Crippen MR) is 69.1 cm³/mol. The molecule has 1 aromatic rings. The molecule has 0 spiro atoms. The van der Waals surface area contributed by atoms with Crippen molar-refractivity contribution in [2.75, 3.05) is 6.61 Å². The van der Waals surface area contributed by atoms with Crippen molar-refractivity contribution in [2.45, 2.75) is 32.2 Å². The highest BCUT2D eigenvalue weighted by molar-refractivity contribution is 5.83. The molecule has 0 unspecified atom stereocenters. The minimum atomic E-state index is -0.299. The van der Waals surface area contributed by atoms with Gasteiger partial charge in [0.2, 0.25) is 5.91 Å². The maximum atomic E-state index is 11.5. The van der Waals surface area contributed by atoms with Gasteiger partial charge in [-0.15, -0.1) is 0 Å². The molecule has 4 heteroatoms. The zero-order valence-electron chi connectivity index (χ0n) is 10.6. The Labute approximate surface area is 107 Å². The number of amides is 1. The van der Waals surface area contributed by atoms with Crippen molar-refractivity contribution >= 4 is 11.7 Å². The largest absolute Gasteiger partial charge is 0.394 e. The quantitative estimate of drug-likeness (QED) is 0.759. The molecule has 1 amide bonds. The van der Waals surface area contributed by atoms with Gasteiger partial charge in [0.15, 0.2) is 0 Å². The van der Waals surface area contributed by atoms with Gasteiger partial charge in [-0.05, 0) is 18.9 Å². The summed E-state index contributed by atoms with van der Waals surface area (Å²) in [7, 11) is 0. The van der Waals surface area contributed by atoms with Crippen LogP contribution in [0.5, 0.6) is 0 Å². The van der Waals surface area contributed by atoms with Crippen LogP contribution in [-0.2, 0) is 16.0 Å². The van der Waals surface area contributed by atoms with Gasteiger partial charge in [0.05, 0.1) is 12.6 Å². The van der Waals surface area contributed by atoms with Crippen molar-refractivity contribution in [1.82, 2.24) is 5.32 Å². The number of benzene rings is 1. The Kier molecular flexibility index (Phi) is 6.08. The highest BCUT2D eigenvalue weighted by atomic mass is 16.3. The molecule has 0 bridgehead atoms. The van der Waals surface area contributed by atoms with Crippen LogP contribution in [0.15, 0.2) is 30.3 Å². The monoisotopic (exact) mass is 249 g/mol. The van der Waals surface area contributed by atoms with Crippen LogP contribution in [0, 0.1) is 0 Å². The van der Waals surface area contributed by atoms with Crippen LogP contribution in [0.2, 0.25) is 0 Å². The molecule has 0 saturated heterocycles. The van der Waals surface area contributed by atoms with Crippen LogP contribution in [0.3, 0.4) is 0 Å². The Hall–Kier alpha value is -1.68. The lowest BCUT2D eigenvalue weighted by atomic mass is 10.1. The number of carbonyl (C=O) groups excluding carboxylic acids is 2. The summed E-state index contributed by atoms with van der Waals surface area (Å²) in [5.74, 6) is -0.200. The Balaban J connectivity index is 2.42. The first-order valence-electron chi connectivity index (χ1n) is 6.05. The number of aliphatic hydroxyl groups excluding tert-OH is 1. The SMILES string of the molecule is CC(=O)CCC(=O)N[C@@H](CO)Cc1ccccc1. The summed E-state index contributed by atoms with van der Waals surface area (Å²) in [6, 6.07) is 9.35. The zero-order chi connectivity index (χ0) is 13.4. The van der Waals surface area contributed by atoms with E-state index in [1.165, 1.54) is 6.92 Å². The molecule has 0 aliphatic rings. The van der Waals surface area contributed by atoms with Crippen LogP contribution in [-0.4, -0.2) is 29.4 Å². The lowest BCUT2D eigenvalue weighted by molar-refractivity contribution is -0.125. The summed E-state index contributed by atoms with van der Waals surface area (Å²) in [6.07, 6.45) is 1.01. The van der Waals surface area contributed by atoms with Crippen molar-refractivity contribution in [1.29, 1.82) is 0 Å². The summed E-state index contributed by atoms with van der Waals surface area (Å²) < 4.78 is 0. The molecule has 0 radical (unpaired) electrons. The van der Waals surface area contributed by atoms with Crippen molar-refractivity contribution in [3.63, 3.8) is 0 Å². The molecule has 0 aromatic heterocycles. The number of hydrogen-bond donors (Lipinski definition) is 2. The normalized spacial score (nSPS) is 11.9. The summed E-state index contributed by atoms with van der Waals surface area (Å²) >= 11 is 0. The van der Waals surface area contributed by atoms with E-state index in [1.54, 1.807) is 0 Å². The number of ketones is 1. The van der Waals surface area contributed by atoms with Crippen LogP contribution in [0.25, 0.3) is 0 Å². The summed E-state index contributed by atoms with van der Waals surface area (Å²) in [4.78, 5) is 22.3. The minimum Gasteiger partial charge on any atom is -0.394 e. The maximum Gasteiger partial charge on any atom is 0.220 e. The molecule has 4 nitrogen and oxygen atoms in total. The molecule has 0 aliphatic carbocycles. The third-order valence-corrected chi connectivity index (χ3v) is 2.61. The van der Waals surface area contributed by atoms with Crippen molar-refractivity contribution < 1.29 is 14.7 Å². The van der Waals surface area contributed by atoms with Gasteiger partial charge < -0.3 is 15.2 Å². The topological polar surface area (TPSA) is 66.4 Å². The van der Waals surface area contributed by atoms with E-state index in [1.807, 2.05) is 30.3 Å². The Bertz CT molecular complexity index is 389. The fourth-order valence-corrected chi connectivity index (χ4v) is 1.65. The second-order valence-corrected chi connectivity index (χ2v) is 4.34. The Morgan fingerprint density at radius 2 is 1.89 bits per heavy atom. The van der Waals surface area contributed by atoms with Gasteiger partial charge in [0, 0.05) is 12.8 Å². The lowest BCUT2D eigenvalue weighted by Crippen LogP contribution is -2.39. The summed E-state index contributed by atoms with van der Waals surface area (Å²) in [5.41, 5.74) is 1.06. The molecule has 1 atom stereocenters. The average Bonchev–Trinajstić information content (AvgIpc) is 2.37. The number of hydrogen-bond acceptors (Lipinski definition) is 3. The third kappa shape index (κ3) is 5.59. The van der Waals surface area contributed by atoms with Gasteiger partial charge in [-0.2, -0.15) is 0 Å². The van der Waals surface area contributed by atoms with Crippen LogP contribution in [0.1, 0.15) is 25.3 Å². The van der Waals surface area contributed by atoms with Gasteiger partial charge in [-0.1, -0.05) is 30.3 Å². The molecule has 1 rings (SSSR count). The smallest absolute Gasteiger partial charge is 0.220 e. The van der Waals surface area contributed by atoms with Gasteiger partial charge in [0.25, 0.3) is 0 Å². The Morgan fingerprint density at radius 1 is 1.22 bits per heavy atom. The summed E-state index contributed by atoms with van der Waals surface area (Å²) in [6.45, 7) is 1.35. The second-order valence-electron chi connectivity index (χ2n) is 4.34. The highest BCUT2D eigenvalue weighted by Crippen LogP contribution is 2.03. The molecular formula is C14H19NO3. The van der Waals surface area contributed by atoms with E-state index in [-0.39, 0.29) is 37.2 Å². The highest BCUT2D eigenvalue weighted by Gasteiger charge is 2.12. The van der Waals surface area contributed by atoms with Gasteiger partial charge in [-0.25, -0.2) is 0 Å². The van der Waals surface area contributed by atoms with Crippen molar-refractivity contribution in [3.8, 4) is 0 Å². The van der Waals surface area contributed by atoms with Gasteiger partial charge >= 0.3 is 0 Å². The molecule has 0 aliphatic heterocycles. The first kappa shape index (κ1) is 14.4. The van der Waals surface area contributed by atoms with E-state index < -0.39 is 0 Å². The minimum absolute atomic E-state index is 0.00578. The molecule has 18 heavy (non-hydrogen) atoms. The standard InChI is InChI=1S/C14H19NO3/c1-11(17)7-8-14(18)15-13(10-16)9-12-5-3-2-4-6-12/h2-6,13,16H,7-10H2,1H3,(H,15,18)/t13-/m1/s1. The van der Waals surface area contributed by atoms with E-state index in [9.17, 15) is 14.7 Å². The lowest BCUT2D eigenvalue weighted by Gasteiger charge is -2.16. The number of rotatable bonds is 7. The first-order chi connectivity index (χ1) is 8.61. The van der Waals surface area contributed by atoms with Crippen molar-refractivity contribution in [3.05, 3.63) is 35.9 Å². The Morgan fingerprint density at radius 3 is 2.44 bits per heavy atom. The maximum absolute atomic E-state index is 11.5. The predicted octanol–water partition coefficient (Wildman–Crippen LogP) is 1.08. The van der Waals surface area contributed by atoms with E-state index in [0.29, 0.717) is 6.42 Å². The fraction of sp³-hybridized carbons (Fsp3) is 0.429. The molecule has 0 fully saturated rings. The van der Waals surface area contributed by atoms with Crippen LogP contribution >= 0.6 is 0 Å². The van der Waals surface area contributed by atoms with Crippen molar-refractivity contribution in [2.24, 2.45) is 0 Å². The molecule has 98 valence electrons. The fourth-order valence-electron chi connectivity index (χ4n) is 1.65. The zero-order valence-corrected chi connectivity index (χ0v) is 10.6. The average molecular weight is 249 g/mol. The molecular weight excluding hydrogens is 230 g/mol. The number of carbonyl (C=O) groups is 2. The molecule has 1 aromatic carbocycles. The number of Topliss-reactive ketones (excluding diaryl/α,β-unsaturated/α-hetero) is 1. The van der Waals surface area contributed by atoms with E-state index in [2.05, 4.69) is 5.32 Å². The summed E-state index contributed by atoms with van der Waals surface area (Å²) in [5, 5.41) is 12.0. The van der Waals surface area contributed by atoms with Crippen LogP contribution < -0.4 is 5.32 Å². The molecule has 2 N–H and O–H groups in total. The van der Waals surface area contributed by atoms with Gasteiger partial charge in [-0.3, -0.25) is 4.79 Å².